The number of nitrogens with zero attached hydrogens (tertiary/aromatic N) is 2. The van der Waals surface area contributed by atoms with Crippen molar-refractivity contribution < 1.29 is 5.11 Å². The van der Waals surface area contributed by atoms with Crippen molar-refractivity contribution in [2.24, 2.45) is 0 Å². The van der Waals surface area contributed by atoms with Crippen molar-refractivity contribution in [3.05, 3.63) is 57.7 Å². The van der Waals surface area contributed by atoms with E-state index in [1.807, 2.05) is 36.2 Å². The number of aromatic nitrogens is 1. The van der Waals surface area contributed by atoms with Crippen molar-refractivity contribution in [1.82, 2.24) is 4.98 Å². The maximum absolute atomic E-state index is 9.08. The van der Waals surface area contributed by atoms with Gasteiger partial charge in [-0.25, -0.2) is 4.98 Å². The van der Waals surface area contributed by atoms with Gasteiger partial charge in [-0.2, -0.15) is 0 Å². The van der Waals surface area contributed by atoms with Crippen LogP contribution in [0.15, 0.2) is 36.5 Å². The normalized spacial score (nSPS) is 12.2. The number of anilines is 1. The van der Waals surface area contributed by atoms with Gasteiger partial charge in [0.05, 0.1) is 17.7 Å². The molecule has 1 aromatic carbocycles. The minimum absolute atomic E-state index is 0.0660. The van der Waals surface area contributed by atoms with Crippen molar-refractivity contribution in [3.8, 4) is 0 Å². The average molecular weight is 311 g/mol. The number of aliphatic hydroxyl groups is 1. The first-order valence-electron chi connectivity index (χ1n) is 6.26. The third-order valence-corrected chi connectivity index (χ3v) is 3.86. The summed E-state index contributed by atoms with van der Waals surface area (Å²) < 4.78 is 0. The third kappa shape index (κ3) is 3.23. The Morgan fingerprint density at radius 1 is 1.25 bits per heavy atom. The van der Waals surface area contributed by atoms with Gasteiger partial charge >= 0.3 is 0 Å². The molecule has 0 bridgehead atoms. The summed E-state index contributed by atoms with van der Waals surface area (Å²) in [4.78, 5) is 6.31. The van der Waals surface area contributed by atoms with Crippen LogP contribution in [0.1, 0.15) is 24.1 Å². The molecule has 0 saturated heterocycles. The molecule has 0 aliphatic rings. The molecule has 0 saturated carbocycles. The van der Waals surface area contributed by atoms with E-state index < -0.39 is 0 Å². The van der Waals surface area contributed by atoms with Crippen LogP contribution in [-0.4, -0.2) is 17.1 Å². The number of hydrogen-bond donors (Lipinski definition) is 1. The Hall–Kier alpha value is -1.29. The maximum atomic E-state index is 9.08. The van der Waals surface area contributed by atoms with Gasteiger partial charge < -0.3 is 10.0 Å². The van der Waals surface area contributed by atoms with Crippen LogP contribution < -0.4 is 4.90 Å². The molecule has 0 radical (unpaired) electrons. The number of pyridine rings is 1. The van der Waals surface area contributed by atoms with Gasteiger partial charge in [0.15, 0.2) is 0 Å². The van der Waals surface area contributed by atoms with E-state index in [0.29, 0.717) is 21.4 Å². The molecule has 1 atom stereocenters. The first-order chi connectivity index (χ1) is 9.52. The van der Waals surface area contributed by atoms with E-state index in [9.17, 15) is 0 Å². The highest BCUT2D eigenvalue weighted by molar-refractivity contribution is 6.33. The molecule has 0 aliphatic heterocycles. The van der Waals surface area contributed by atoms with E-state index in [2.05, 4.69) is 11.9 Å². The summed E-state index contributed by atoms with van der Waals surface area (Å²) in [6, 6.07) is 9.54. The fourth-order valence-electron chi connectivity index (χ4n) is 1.96. The van der Waals surface area contributed by atoms with Crippen molar-refractivity contribution in [1.29, 1.82) is 0 Å². The molecule has 0 spiro atoms. The van der Waals surface area contributed by atoms with Crippen molar-refractivity contribution in [3.63, 3.8) is 0 Å². The van der Waals surface area contributed by atoms with Gasteiger partial charge in [-0.1, -0.05) is 35.3 Å². The number of hydrogen-bond acceptors (Lipinski definition) is 3. The Bertz CT molecular complexity index is 587. The van der Waals surface area contributed by atoms with Crippen LogP contribution in [0.2, 0.25) is 10.0 Å². The first kappa shape index (κ1) is 15.1. The highest BCUT2D eigenvalue weighted by Gasteiger charge is 2.16. The maximum Gasteiger partial charge on any atom is 0.147 e. The molecule has 1 heterocycles. The van der Waals surface area contributed by atoms with Gasteiger partial charge in [-0.15, -0.1) is 0 Å². The summed E-state index contributed by atoms with van der Waals surface area (Å²) in [5.74, 6) is 0.686. The fourth-order valence-corrected chi connectivity index (χ4v) is 2.41. The minimum Gasteiger partial charge on any atom is -0.392 e. The molecule has 1 unspecified atom stereocenters. The van der Waals surface area contributed by atoms with Crippen LogP contribution in [0.25, 0.3) is 0 Å². The second kappa shape index (κ2) is 6.44. The smallest absolute Gasteiger partial charge is 0.147 e. The molecular formula is C15H16Cl2N2O. The summed E-state index contributed by atoms with van der Waals surface area (Å²) in [5, 5.41) is 10.3. The lowest BCUT2D eigenvalue weighted by molar-refractivity contribution is 0.281. The molecule has 0 amide bonds. The summed E-state index contributed by atoms with van der Waals surface area (Å²) in [6.07, 6.45) is 1.63. The van der Waals surface area contributed by atoms with Gasteiger partial charge in [-0.3, -0.25) is 0 Å². The van der Waals surface area contributed by atoms with Gasteiger partial charge in [-0.05, 0) is 36.2 Å². The van der Waals surface area contributed by atoms with Gasteiger partial charge in [0.1, 0.15) is 5.82 Å². The average Bonchev–Trinajstić information content (AvgIpc) is 2.46. The molecule has 106 valence electrons. The lowest BCUT2D eigenvalue weighted by atomic mass is 10.1. The van der Waals surface area contributed by atoms with E-state index in [1.54, 1.807) is 12.3 Å². The number of aliphatic hydroxyl groups excluding tert-OH is 1. The predicted octanol–water partition coefficient (Wildman–Crippen LogP) is 4.08. The Labute approximate surface area is 128 Å². The minimum atomic E-state index is -0.0660. The van der Waals surface area contributed by atoms with E-state index >= 15 is 0 Å². The standard InChI is InChI=1S/C15H16Cl2N2O/c1-10(12-3-5-13(16)6-4-12)19(2)15-14(17)7-11(9-20)8-18-15/h3-8,10,20H,9H2,1-2H3. The number of halogens is 2. The van der Waals surface area contributed by atoms with Crippen LogP contribution in [0.4, 0.5) is 5.82 Å². The van der Waals surface area contributed by atoms with Gasteiger partial charge in [0.25, 0.3) is 0 Å². The van der Waals surface area contributed by atoms with Crippen molar-refractivity contribution >= 4 is 29.0 Å². The monoisotopic (exact) mass is 310 g/mol. The summed E-state index contributed by atoms with van der Waals surface area (Å²) in [5.41, 5.74) is 1.83. The molecule has 5 heteroatoms. The zero-order valence-corrected chi connectivity index (χ0v) is 12.9. The third-order valence-electron chi connectivity index (χ3n) is 3.33. The highest BCUT2D eigenvalue weighted by atomic mass is 35.5. The van der Waals surface area contributed by atoms with Crippen LogP contribution in [0.5, 0.6) is 0 Å². The summed E-state index contributed by atoms with van der Waals surface area (Å²) in [6.45, 7) is 2.00. The van der Waals surface area contributed by atoms with E-state index in [4.69, 9.17) is 28.3 Å². The van der Waals surface area contributed by atoms with Gasteiger partial charge in [0, 0.05) is 18.3 Å². The molecule has 0 fully saturated rings. The van der Waals surface area contributed by atoms with Crippen LogP contribution >= 0.6 is 23.2 Å². The molecular weight excluding hydrogens is 295 g/mol. The lowest BCUT2D eigenvalue weighted by Crippen LogP contribution is -2.23. The number of benzene rings is 1. The Kier molecular flexibility index (Phi) is 4.86. The quantitative estimate of drug-likeness (QED) is 0.924. The van der Waals surface area contributed by atoms with Crippen molar-refractivity contribution in [2.75, 3.05) is 11.9 Å². The molecule has 1 aromatic heterocycles. The molecule has 2 rings (SSSR count). The zero-order chi connectivity index (χ0) is 14.7. The van der Waals surface area contributed by atoms with Crippen LogP contribution in [-0.2, 0) is 6.61 Å². The van der Waals surface area contributed by atoms with Crippen molar-refractivity contribution in [2.45, 2.75) is 19.6 Å². The Morgan fingerprint density at radius 3 is 2.45 bits per heavy atom. The lowest BCUT2D eigenvalue weighted by Gasteiger charge is -2.27. The summed E-state index contributed by atoms with van der Waals surface area (Å²) in [7, 11) is 1.94. The molecule has 1 N–H and O–H groups in total. The molecule has 0 aliphatic carbocycles. The second-order valence-electron chi connectivity index (χ2n) is 4.65. The summed E-state index contributed by atoms with van der Waals surface area (Å²) >= 11 is 12.1. The van der Waals surface area contributed by atoms with Crippen LogP contribution in [0.3, 0.4) is 0 Å². The molecule has 3 nitrogen and oxygen atoms in total. The number of rotatable bonds is 4. The SMILES string of the molecule is CC(c1ccc(Cl)cc1)N(C)c1ncc(CO)cc1Cl. The van der Waals surface area contributed by atoms with E-state index in [-0.39, 0.29) is 12.6 Å². The second-order valence-corrected chi connectivity index (χ2v) is 5.49. The Morgan fingerprint density at radius 2 is 1.90 bits per heavy atom. The molecule has 2 aromatic rings. The largest absolute Gasteiger partial charge is 0.392 e. The predicted molar refractivity (Wildman–Crippen MR) is 83.4 cm³/mol. The van der Waals surface area contributed by atoms with E-state index in [0.717, 1.165) is 5.56 Å². The fraction of sp³-hybridized carbons (Fsp3) is 0.267. The topological polar surface area (TPSA) is 36.4 Å². The van der Waals surface area contributed by atoms with Crippen LogP contribution in [0, 0.1) is 0 Å². The van der Waals surface area contributed by atoms with Gasteiger partial charge in [0.2, 0.25) is 0 Å². The Balaban J connectivity index is 2.26. The first-order valence-corrected chi connectivity index (χ1v) is 7.02. The zero-order valence-electron chi connectivity index (χ0n) is 11.3. The van der Waals surface area contributed by atoms with E-state index in [1.165, 1.54) is 0 Å². The molecule has 20 heavy (non-hydrogen) atoms. The highest BCUT2D eigenvalue weighted by Crippen LogP contribution is 2.30.